The van der Waals surface area contributed by atoms with Gasteiger partial charge in [-0.1, -0.05) is 67.2 Å². The SMILES string of the molecule is C=C(N[C@@H](c1ccccc1)[C@@H](O)C(=O)O)c1ccccc1. The van der Waals surface area contributed by atoms with E-state index in [9.17, 15) is 9.90 Å². The molecule has 0 fully saturated rings. The number of carboxylic acid groups (broad SMARTS) is 1. The Morgan fingerprint density at radius 2 is 1.52 bits per heavy atom. The fraction of sp³-hybridized carbons (Fsp3) is 0.118. The zero-order valence-corrected chi connectivity index (χ0v) is 11.4. The Labute approximate surface area is 123 Å². The van der Waals surface area contributed by atoms with E-state index in [2.05, 4.69) is 11.9 Å². The average Bonchev–Trinajstić information content (AvgIpc) is 2.53. The van der Waals surface area contributed by atoms with Gasteiger partial charge in [0.1, 0.15) is 0 Å². The van der Waals surface area contributed by atoms with Crippen LogP contribution in [0.2, 0.25) is 0 Å². The van der Waals surface area contributed by atoms with Gasteiger partial charge in [0, 0.05) is 5.70 Å². The van der Waals surface area contributed by atoms with Gasteiger partial charge in [0.25, 0.3) is 0 Å². The van der Waals surface area contributed by atoms with Crippen molar-refractivity contribution in [2.45, 2.75) is 12.1 Å². The standard InChI is InChI=1S/C17H17NO3/c1-12(13-8-4-2-5-9-13)18-15(16(19)17(20)21)14-10-6-3-7-11-14/h2-11,15-16,18-19H,1H2,(H,20,21)/t15-,16+/m0/s1. The molecule has 0 radical (unpaired) electrons. The Hall–Kier alpha value is -2.59. The van der Waals surface area contributed by atoms with Crippen LogP contribution in [0.25, 0.3) is 5.70 Å². The molecule has 0 spiro atoms. The summed E-state index contributed by atoms with van der Waals surface area (Å²) in [5.41, 5.74) is 2.09. The van der Waals surface area contributed by atoms with Crippen molar-refractivity contribution in [2.24, 2.45) is 0 Å². The van der Waals surface area contributed by atoms with E-state index in [-0.39, 0.29) is 0 Å². The highest BCUT2D eigenvalue weighted by molar-refractivity contribution is 5.74. The first-order valence-electron chi connectivity index (χ1n) is 6.56. The Kier molecular flexibility index (Phi) is 4.74. The summed E-state index contributed by atoms with van der Waals surface area (Å²) in [5.74, 6) is -1.28. The summed E-state index contributed by atoms with van der Waals surface area (Å²) in [6.07, 6.45) is -1.56. The zero-order chi connectivity index (χ0) is 15.2. The summed E-state index contributed by atoms with van der Waals surface area (Å²) in [7, 11) is 0. The van der Waals surface area contributed by atoms with Crippen molar-refractivity contribution in [3.05, 3.63) is 78.4 Å². The number of hydrogen-bond donors (Lipinski definition) is 3. The van der Waals surface area contributed by atoms with E-state index in [1.165, 1.54) is 0 Å². The number of aliphatic hydroxyl groups excluding tert-OH is 1. The van der Waals surface area contributed by atoms with E-state index in [1.807, 2.05) is 36.4 Å². The van der Waals surface area contributed by atoms with E-state index >= 15 is 0 Å². The second-order valence-electron chi connectivity index (χ2n) is 4.66. The van der Waals surface area contributed by atoms with Crippen LogP contribution in [0.3, 0.4) is 0 Å². The minimum atomic E-state index is -1.56. The van der Waals surface area contributed by atoms with Gasteiger partial charge in [-0.05, 0) is 11.1 Å². The van der Waals surface area contributed by atoms with Gasteiger partial charge in [-0.2, -0.15) is 0 Å². The number of nitrogens with one attached hydrogen (secondary N) is 1. The summed E-state index contributed by atoms with van der Waals surface area (Å²) in [5, 5.41) is 22.0. The lowest BCUT2D eigenvalue weighted by molar-refractivity contribution is -0.148. The maximum absolute atomic E-state index is 11.1. The third-order valence-corrected chi connectivity index (χ3v) is 3.18. The number of benzene rings is 2. The predicted octanol–water partition coefficient (Wildman–Crippen LogP) is 2.43. The normalized spacial score (nSPS) is 13.2. The number of aliphatic carboxylic acids is 1. The van der Waals surface area contributed by atoms with Crippen LogP contribution < -0.4 is 5.32 Å². The third kappa shape index (κ3) is 3.70. The minimum absolute atomic E-state index is 0.560. The number of carboxylic acids is 1. The van der Waals surface area contributed by atoms with Crippen LogP contribution in [0.5, 0.6) is 0 Å². The van der Waals surface area contributed by atoms with Gasteiger partial charge in [-0.15, -0.1) is 0 Å². The third-order valence-electron chi connectivity index (χ3n) is 3.18. The zero-order valence-electron chi connectivity index (χ0n) is 11.4. The highest BCUT2D eigenvalue weighted by atomic mass is 16.4. The summed E-state index contributed by atoms with van der Waals surface area (Å²) >= 11 is 0. The molecule has 2 atom stereocenters. The number of carbonyl (C=O) groups is 1. The smallest absolute Gasteiger partial charge is 0.335 e. The molecular weight excluding hydrogens is 266 g/mol. The molecule has 4 heteroatoms. The van der Waals surface area contributed by atoms with Crippen LogP contribution in [0, 0.1) is 0 Å². The summed E-state index contributed by atoms with van der Waals surface area (Å²) in [4.78, 5) is 11.1. The lowest BCUT2D eigenvalue weighted by Crippen LogP contribution is -2.36. The van der Waals surface area contributed by atoms with Crippen molar-refractivity contribution in [3.63, 3.8) is 0 Å². The lowest BCUT2D eigenvalue weighted by Gasteiger charge is -2.24. The summed E-state index contributed by atoms with van der Waals surface area (Å²) in [6.45, 7) is 3.92. The van der Waals surface area contributed by atoms with Crippen LogP contribution in [-0.2, 0) is 4.79 Å². The van der Waals surface area contributed by atoms with Gasteiger partial charge in [0.05, 0.1) is 6.04 Å². The van der Waals surface area contributed by atoms with Crippen LogP contribution in [0.1, 0.15) is 17.2 Å². The van der Waals surface area contributed by atoms with Crippen molar-refractivity contribution in [2.75, 3.05) is 0 Å². The van der Waals surface area contributed by atoms with E-state index in [4.69, 9.17) is 5.11 Å². The summed E-state index contributed by atoms with van der Waals surface area (Å²) < 4.78 is 0. The van der Waals surface area contributed by atoms with Gasteiger partial charge >= 0.3 is 5.97 Å². The molecule has 0 aliphatic rings. The van der Waals surface area contributed by atoms with Crippen molar-refractivity contribution in [1.82, 2.24) is 5.32 Å². The fourth-order valence-electron chi connectivity index (χ4n) is 2.06. The first-order chi connectivity index (χ1) is 10.1. The second-order valence-corrected chi connectivity index (χ2v) is 4.66. The largest absolute Gasteiger partial charge is 0.479 e. The molecule has 0 unspecified atom stereocenters. The van der Waals surface area contributed by atoms with Crippen molar-refractivity contribution in [1.29, 1.82) is 0 Å². The van der Waals surface area contributed by atoms with Gasteiger partial charge < -0.3 is 15.5 Å². The maximum Gasteiger partial charge on any atom is 0.335 e. The first kappa shape index (κ1) is 14.8. The predicted molar refractivity (Wildman–Crippen MR) is 81.4 cm³/mol. The van der Waals surface area contributed by atoms with E-state index < -0.39 is 18.1 Å². The van der Waals surface area contributed by atoms with E-state index in [0.717, 1.165) is 5.56 Å². The van der Waals surface area contributed by atoms with Gasteiger partial charge in [-0.3, -0.25) is 0 Å². The lowest BCUT2D eigenvalue weighted by atomic mass is 10.0. The van der Waals surface area contributed by atoms with Crippen LogP contribution >= 0.6 is 0 Å². The minimum Gasteiger partial charge on any atom is -0.479 e. The van der Waals surface area contributed by atoms with Crippen molar-refractivity contribution < 1.29 is 15.0 Å². The molecule has 4 nitrogen and oxygen atoms in total. The monoisotopic (exact) mass is 283 g/mol. The van der Waals surface area contributed by atoms with Crippen LogP contribution in [-0.4, -0.2) is 22.3 Å². The number of hydrogen-bond acceptors (Lipinski definition) is 3. The van der Waals surface area contributed by atoms with Crippen molar-refractivity contribution >= 4 is 11.7 Å². The molecule has 3 N–H and O–H groups in total. The summed E-state index contributed by atoms with van der Waals surface area (Å²) in [6, 6.07) is 17.5. The molecule has 0 aliphatic carbocycles. The molecule has 0 aromatic heterocycles. The molecule has 0 amide bonds. The first-order valence-corrected chi connectivity index (χ1v) is 6.56. The Balaban J connectivity index is 2.25. The van der Waals surface area contributed by atoms with Crippen LogP contribution in [0.15, 0.2) is 67.2 Å². The molecule has 108 valence electrons. The average molecular weight is 283 g/mol. The number of aliphatic hydroxyl groups is 1. The van der Waals surface area contributed by atoms with Crippen LogP contribution in [0.4, 0.5) is 0 Å². The molecule has 21 heavy (non-hydrogen) atoms. The molecule has 0 aliphatic heterocycles. The highest BCUT2D eigenvalue weighted by Crippen LogP contribution is 2.21. The Bertz CT molecular complexity index is 610. The Morgan fingerprint density at radius 1 is 1.00 bits per heavy atom. The van der Waals surface area contributed by atoms with Gasteiger partial charge in [-0.25, -0.2) is 4.79 Å². The van der Waals surface area contributed by atoms with E-state index in [1.54, 1.807) is 24.3 Å². The molecule has 0 heterocycles. The van der Waals surface area contributed by atoms with E-state index in [0.29, 0.717) is 11.3 Å². The fourth-order valence-corrected chi connectivity index (χ4v) is 2.06. The van der Waals surface area contributed by atoms with Gasteiger partial charge in [0.15, 0.2) is 6.10 Å². The Morgan fingerprint density at radius 3 is 2.05 bits per heavy atom. The number of rotatable bonds is 6. The maximum atomic E-state index is 11.1. The molecule has 2 rings (SSSR count). The second kappa shape index (κ2) is 6.72. The molecule has 0 saturated carbocycles. The van der Waals surface area contributed by atoms with Gasteiger partial charge in [0.2, 0.25) is 0 Å². The molecule has 2 aromatic rings. The molecule has 2 aromatic carbocycles. The highest BCUT2D eigenvalue weighted by Gasteiger charge is 2.27. The molecular formula is C17H17NO3. The molecule has 0 bridgehead atoms. The quantitative estimate of drug-likeness (QED) is 0.761. The molecule has 0 saturated heterocycles. The topological polar surface area (TPSA) is 69.6 Å². The van der Waals surface area contributed by atoms with Crippen molar-refractivity contribution in [3.8, 4) is 0 Å².